The normalized spacial score (nSPS) is 16.4. The van der Waals surface area contributed by atoms with Gasteiger partial charge in [0.1, 0.15) is 0 Å². The van der Waals surface area contributed by atoms with E-state index in [1.165, 1.54) is 12.3 Å². The molecule has 0 spiro atoms. The minimum absolute atomic E-state index is 0.115. The molecule has 1 saturated heterocycles. The molecule has 0 unspecified atom stereocenters. The number of rotatable bonds is 7. The molecule has 1 amide bonds. The standard InChI is InChI=1S/C18H24F2N4O2/c1-14(25)24-8-6-23(7-9-24)10-11-26-13-15(21)4-5-22-16-2-3-17(19)18(20)12-16/h2-5,12H,6-11,13,21H2,1H3. The van der Waals surface area contributed by atoms with Gasteiger partial charge >= 0.3 is 0 Å². The molecule has 0 saturated carbocycles. The number of nitrogens with zero attached hydrogens (tertiary/aromatic N) is 3. The Morgan fingerprint density at radius 1 is 1.27 bits per heavy atom. The van der Waals surface area contributed by atoms with E-state index in [0.717, 1.165) is 44.9 Å². The van der Waals surface area contributed by atoms with Crippen LogP contribution in [0.3, 0.4) is 0 Å². The number of halogens is 2. The van der Waals surface area contributed by atoms with Crippen molar-refractivity contribution in [3.8, 4) is 0 Å². The van der Waals surface area contributed by atoms with E-state index in [1.807, 2.05) is 4.90 Å². The quantitative estimate of drug-likeness (QED) is 0.589. The molecule has 0 bridgehead atoms. The van der Waals surface area contributed by atoms with E-state index < -0.39 is 11.6 Å². The number of aliphatic imine (C=N–C) groups is 1. The van der Waals surface area contributed by atoms with Gasteiger partial charge in [-0.3, -0.25) is 14.7 Å². The molecule has 1 aromatic rings. The van der Waals surface area contributed by atoms with Gasteiger partial charge in [-0.05, 0) is 18.2 Å². The number of hydrogen-bond donors (Lipinski definition) is 1. The topological polar surface area (TPSA) is 71.2 Å². The van der Waals surface area contributed by atoms with Gasteiger partial charge in [0, 0.05) is 57.6 Å². The number of ether oxygens (including phenoxy) is 1. The molecule has 26 heavy (non-hydrogen) atoms. The van der Waals surface area contributed by atoms with Crippen LogP contribution in [-0.2, 0) is 9.53 Å². The number of amides is 1. The van der Waals surface area contributed by atoms with Crippen LogP contribution in [-0.4, -0.2) is 67.9 Å². The first kappa shape index (κ1) is 20.0. The summed E-state index contributed by atoms with van der Waals surface area (Å²) in [5, 5.41) is 0. The molecule has 1 aromatic carbocycles. The van der Waals surface area contributed by atoms with Crippen molar-refractivity contribution in [2.75, 3.05) is 45.9 Å². The maximum absolute atomic E-state index is 13.1. The molecule has 0 aromatic heterocycles. The van der Waals surface area contributed by atoms with E-state index >= 15 is 0 Å². The number of nitrogens with two attached hydrogens (primary N) is 1. The van der Waals surface area contributed by atoms with E-state index in [0.29, 0.717) is 18.0 Å². The number of allylic oxidation sites excluding steroid dienone is 1. The van der Waals surface area contributed by atoms with Crippen molar-refractivity contribution in [3.05, 3.63) is 41.6 Å². The van der Waals surface area contributed by atoms with Gasteiger partial charge in [0.05, 0.1) is 18.9 Å². The summed E-state index contributed by atoms with van der Waals surface area (Å²) in [6.45, 7) is 6.35. The van der Waals surface area contributed by atoms with Crippen LogP contribution in [0, 0.1) is 11.6 Å². The zero-order valence-electron chi connectivity index (χ0n) is 14.8. The molecule has 1 aliphatic rings. The Labute approximate surface area is 151 Å². The molecule has 1 aliphatic heterocycles. The molecule has 0 aliphatic carbocycles. The Morgan fingerprint density at radius 3 is 2.65 bits per heavy atom. The highest BCUT2D eigenvalue weighted by atomic mass is 19.2. The minimum atomic E-state index is -0.941. The molecule has 8 heteroatoms. The molecular formula is C18H24F2N4O2. The summed E-state index contributed by atoms with van der Waals surface area (Å²) < 4.78 is 31.4. The fourth-order valence-electron chi connectivity index (χ4n) is 2.50. The van der Waals surface area contributed by atoms with Crippen molar-refractivity contribution in [2.45, 2.75) is 6.92 Å². The van der Waals surface area contributed by atoms with E-state index in [9.17, 15) is 13.6 Å². The van der Waals surface area contributed by atoms with Gasteiger partial charge in [-0.2, -0.15) is 0 Å². The van der Waals surface area contributed by atoms with E-state index in [2.05, 4.69) is 9.89 Å². The number of benzene rings is 1. The molecule has 0 radical (unpaired) electrons. The summed E-state index contributed by atoms with van der Waals surface area (Å²) in [6, 6.07) is 3.41. The van der Waals surface area contributed by atoms with Crippen LogP contribution in [0.2, 0.25) is 0 Å². The SMILES string of the molecule is CC(=O)N1CCN(CCOCC(N)=CC=Nc2ccc(F)c(F)c2)CC1. The molecule has 2 rings (SSSR count). The van der Waals surface area contributed by atoms with Crippen LogP contribution in [0.1, 0.15) is 6.92 Å². The Bertz CT molecular complexity index is 671. The third-order valence-electron chi connectivity index (χ3n) is 4.05. The van der Waals surface area contributed by atoms with Crippen molar-refractivity contribution in [3.63, 3.8) is 0 Å². The number of hydrogen-bond acceptors (Lipinski definition) is 5. The van der Waals surface area contributed by atoms with Crippen molar-refractivity contribution in [2.24, 2.45) is 10.7 Å². The molecular weight excluding hydrogens is 342 g/mol. The number of carbonyl (C=O) groups excluding carboxylic acids is 1. The van der Waals surface area contributed by atoms with Gasteiger partial charge < -0.3 is 15.4 Å². The number of carbonyl (C=O) groups is 1. The van der Waals surface area contributed by atoms with Crippen molar-refractivity contribution < 1.29 is 18.3 Å². The Balaban J connectivity index is 1.64. The van der Waals surface area contributed by atoms with Crippen LogP contribution >= 0.6 is 0 Å². The minimum Gasteiger partial charge on any atom is -0.400 e. The van der Waals surface area contributed by atoms with Crippen LogP contribution in [0.5, 0.6) is 0 Å². The first-order chi connectivity index (χ1) is 12.5. The van der Waals surface area contributed by atoms with Gasteiger partial charge in [0.25, 0.3) is 0 Å². The lowest BCUT2D eigenvalue weighted by molar-refractivity contribution is -0.130. The molecule has 0 atom stereocenters. The van der Waals surface area contributed by atoms with Crippen LogP contribution in [0.15, 0.2) is 35.0 Å². The van der Waals surface area contributed by atoms with E-state index in [4.69, 9.17) is 10.5 Å². The molecule has 6 nitrogen and oxygen atoms in total. The van der Waals surface area contributed by atoms with Gasteiger partial charge in [-0.25, -0.2) is 8.78 Å². The number of piperazine rings is 1. The predicted octanol–water partition coefficient (Wildman–Crippen LogP) is 1.69. The summed E-state index contributed by atoms with van der Waals surface area (Å²) in [6.07, 6.45) is 2.99. The van der Waals surface area contributed by atoms with Gasteiger partial charge in [-0.1, -0.05) is 0 Å². The highest BCUT2D eigenvalue weighted by Crippen LogP contribution is 2.15. The fourth-order valence-corrected chi connectivity index (χ4v) is 2.50. The Hall–Kier alpha value is -2.32. The smallest absolute Gasteiger partial charge is 0.219 e. The van der Waals surface area contributed by atoms with E-state index in [-0.39, 0.29) is 12.5 Å². The highest BCUT2D eigenvalue weighted by molar-refractivity contribution is 5.75. The summed E-state index contributed by atoms with van der Waals surface area (Å²) in [4.78, 5) is 19.3. The lowest BCUT2D eigenvalue weighted by Crippen LogP contribution is -2.48. The Kier molecular flexibility index (Phi) is 7.68. The maximum atomic E-state index is 13.1. The molecule has 142 valence electrons. The van der Waals surface area contributed by atoms with Crippen molar-refractivity contribution in [1.29, 1.82) is 0 Å². The van der Waals surface area contributed by atoms with Crippen molar-refractivity contribution >= 4 is 17.8 Å². The second-order valence-corrected chi connectivity index (χ2v) is 6.02. The lowest BCUT2D eigenvalue weighted by Gasteiger charge is -2.34. The molecule has 1 fully saturated rings. The second kappa shape index (κ2) is 9.98. The monoisotopic (exact) mass is 366 g/mol. The highest BCUT2D eigenvalue weighted by Gasteiger charge is 2.17. The average Bonchev–Trinajstić information content (AvgIpc) is 2.62. The Morgan fingerprint density at radius 2 is 2.00 bits per heavy atom. The van der Waals surface area contributed by atoms with Gasteiger partial charge in [0.2, 0.25) is 5.91 Å². The largest absolute Gasteiger partial charge is 0.400 e. The first-order valence-corrected chi connectivity index (χ1v) is 8.45. The summed E-state index contributed by atoms with van der Waals surface area (Å²) in [5.41, 5.74) is 6.60. The third-order valence-corrected chi connectivity index (χ3v) is 4.05. The molecule has 1 heterocycles. The van der Waals surface area contributed by atoms with Crippen LogP contribution in [0.25, 0.3) is 0 Å². The van der Waals surface area contributed by atoms with Crippen LogP contribution < -0.4 is 5.73 Å². The average molecular weight is 366 g/mol. The zero-order valence-corrected chi connectivity index (χ0v) is 14.8. The first-order valence-electron chi connectivity index (χ1n) is 8.45. The summed E-state index contributed by atoms with van der Waals surface area (Å²) in [7, 11) is 0. The van der Waals surface area contributed by atoms with E-state index in [1.54, 1.807) is 13.0 Å². The zero-order chi connectivity index (χ0) is 18.9. The van der Waals surface area contributed by atoms with Gasteiger partial charge in [-0.15, -0.1) is 0 Å². The van der Waals surface area contributed by atoms with Crippen molar-refractivity contribution in [1.82, 2.24) is 9.80 Å². The maximum Gasteiger partial charge on any atom is 0.219 e. The summed E-state index contributed by atoms with van der Waals surface area (Å²) in [5.74, 6) is -1.73. The third kappa shape index (κ3) is 6.53. The predicted molar refractivity (Wildman–Crippen MR) is 96.3 cm³/mol. The molecule has 2 N–H and O–H groups in total. The fraction of sp³-hybridized carbons (Fsp3) is 0.444. The second-order valence-electron chi connectivity index (χ2n) is 6.02. The summed E-state index contributed by atoms with van der Waals surface area (Å²) >= 11 is 0. The lowest BCUT2D eigenvalue weighted by atomic mass is 10.3. The van der Waals surface area contributed by atoms with Crippen LogP contribution in [0.4, 0.5) is 14.5 Å². The van der Waals surface area contributed by atoms with Gasteiger partial charge in [0.15, 0.2) is 11.6 Å².